The third-order valence-corrected chi connectivity index (χ3v) is 6.34. The predicted octanol–water partition coefficient (Wildman–Crippen LogP) is 3.29. The molecule has 7 nitrogen and oxygen atoms in total. The smallest absolute Gasteiger partial charge is 0.131 e. The molecule has 166 valence electrons. The van der Waals surface area contributed by atoms with Crippen molar-refractivity contribution in [3.63, 3.8) is 0 Å². The molecule has 7 heteroatoms. The van der Waals surface area contributed by atoms with E-state index in [1.165, 1.54) is 36.3 Å². The van der Waals surface area contributed by atoms with Crippen molar-refractivity contribution in [1.82, 2.24) is 20.0 Å². The molecule has 0 spiro atoms. The maximum atomic E-state index is 5.82. The van der Waals surface area contributed by atoms with E-state index in [1.54, 1.807) is 6.26 Å². The Morgan fingerprint density at radius 3 is 2.53 bits per heavy atom. The lowest BCUT2D eigenvalue weighted by Gasteiger charge is -2.34. The molecule has 1 atom stereocenters. The molecule has 2 aromatic rings. The van der Waals surface area contributed by atoms with E-state index in [4.69, 9.17) is 14.3 Å². The van der Waals surface area contributed by atoms with Gasteiger partial charge in [0.15, 0.2) is 0 Å². The van der Waals surface area contributed by atoms with Crippen molar-refractivity contribution in [1.29, 1.82) is 0 Å². The minimum Gasteiger partial charge on any atom is -0.468 e. The molecule has 2 fully saturated rings. The average Bonchev–Trinajstić information content (AvgIpc) is 3.40. The Kier molecular flexibility index (Phi) is 7.12. The van der Waals surface area contributed by atoms with Crippen molar-refractivity contribution in [2.75, 3.05) is 50.8 Å². The maximum absolute atomic E-state index is 5.82. The number of piperidine rings is 1. The van der Waals surface area contributed by atoms with Gasteiger partial charge in [-0.2, -0.15) is 5.10 Å². The number of rotatable bonds is 8. The van der Waals surface area contributed by atoms with Crippen molar-refractivity contribution >= 4 is 5.82 Å². The largest absolute Gasteiger partial charge is 0.468 e. The molecule has 0 bridgehead atoms. The van der Waals surface area contributed by atoms with Gasteiger partial charge in [0.1, 0.15) is 11.6 Å². The van der Waals surface area contributed by atoms with Gasteiger partial charge in [-0.25, -0.2) is 0 Å². The molecule has 4 rings (SSSR count). The molecule has 2 aromatic heterocycles. The summed E-state index contributed by atoms with van der Waals surface area (Å²) in [6.45, 7) is 11.9. The third kappa shape index (κ3) is 4.74. The predicted molar refractivity (Wildman–Crippen MR) is 119 cm³/mol. The van der Waals surface area contributed by atoms with Crippen LogP contribution < -0.4 is 10.2 Å². The lowest BCUT2D eigenvalue weighted by Crippen LogP contribution is -2.40. The molecule has 2 aliphatic rings. The van der Waals surface area contributed by atoms with E-state index in [0.29, 0.717) is 5.92 Å². The van der Waals surface area contributed by atoms with Crippen LogP contribution in [0, 0.1) is 0 Å². The highest BCUT2D eigenvalue weighted by atomic mass is 16.5. The highest BCUT2D eigenvalue weighted by Gasteiger charge is 2.27. The number of morpholine rings is 1. The molecule has 4 heterocycles. The van der Waals surface area contributed by atoms with Gasteiger partial charge in [-0.3, -0.25) is 9.58 Å². The lowest BCUT2D eigenvalue weighted by molar-refractivity contribution is 0.122. The van der Waals surface area contributed by atoms with Gasteiger partial charge in [0.2, 0.25) is 0 Å². The first-order chi connectivity index (χ1) is 14.6. The molecule has 0 saturated carbocycles. The highest BCUT2D eigenvalue weighted by molar-refractivity contribution is 5.51. The Balaban J connectivity index is 1.50. The normalized spacial score (nSPS) is 19.5. The number of anilines is 1. The monoisotopic (exact) mass is 415 g/mol. The molecule has 0 amide bonds. The van der Waals surface area contributed by atoms with Gasteiger partial charge in [-0.1, -0.05) is 20.3 Å². The fourth-order valence-electron chi connectivity index (χ4n) is 4.84. The van der Waals surface area contributed by atoms with Crippen molar-refractivity contribution in [2.24, 2.45) is 7.05 Å². The molecule has 2 saturated heterocycles. The standard InChI is InChI=1S/C23H37N5O2/c1-18(2)22-19(23(26(3)25-22)28-11-14-29-15-12-28)16-24-17-20(21-8-7-13-30-21)27-9-5-4-6-10-27/h7-8,13,18,20,24H,4-6,9-12,14-17H2,1-3H3. The van der Waals surface area contributed by atoms with E-state index >= 15 is 0 Å². The topological polar surface area (TPSA) is 58.7 Å². The van der Waals surface area contributed by atoms with Crippen LogP contribution in [0.2, 0.25) is 0 Å². The molecule has 0 aliphatic carbocycles. The van der Waals surface area contributed by atoms with Gasteiger partial charge < -0.3 is 19.4 Å². The molecular weight excluding hydrogens is 378 g/mol. The Hall–Kier alpha value is -1.83. The average molecular weight is 416 g/mol. The van der Waals surface area contributed by atoms with Crippen LogP contribution in [0.5, 0.6) is 0 Å². The number of nitrogens with zero attached hydrogens (tertiary/aromatic N) is 4. The van der Waals surface area contributed by atoms with E-state index in [0.717, 1.165) is 58.2 Å². The number of hydrogen-bond donors (Lipinski definition) is 1. The molecular formula is C23H37N5O2. The summed E-state index contributed by atoms with van der Waals surface area (Å²) in [5.74, 6) is 2.70. The number of nitrogens with one attached hydrogen (secondary N) is 1. The zero-order valence-electron chi connectivity index (χ0n) is 18.8. The van der Waals surface area contributed by atoms with E-state index in [1.807, 2.05) is 6.07 Å². The second kappa shape index (κ2) is 9.98. The van der Waals surface area contributed by atoms with E-state index in [-0.39, 0.29) is 6.04 Å². The number of aryl methyl sites for hydroxylation is 1. The fourth-order valence-corrected chi connectivity index (χ4v) is 4.84. The molecule has 30 heavy (non-hydrogen) atoms. The molecule has 0 aromatic carbocycles. The van der Waals surface area contributed by atoms with E-state index < -0.39 is 0 Å². The first-order valence-corrected chi connectivity index (χ1v) is 11.5. The summed E-state index contributed by atoms with van der Waals surface area (Å²) in [7, 11) is 2.07. The van der Waals surface area contributed by atoms with Crippen molar-refractivity contribution in [2.45, 2.75) is 51.6 Å². The van der Waals surface area contributed by atoms with Crippen molar-refractivity contribution < 1.29 is 9.15 Å². The van der Waals surface area contributed by atoms with Crippen LogP contribution in [0.4, 0.5) is 5.82 Å². The van der Waals surface area contributed by atoms with Gasteiger partial charge in [-0.15, -0.1) is 0 Å². The Morgan fingerprint density at radius 1 is 1.10 bits per heavy atom. The lowest BCUT2D eigenvalue weighted by atomic mass is 10.0. The van der Waals surface area contributed by atoms with Gasteiger partial charge in [-0.05, 0) is 44.0 Å². The summed E-state index contributed by atoms with van der Waals surface area (Å²) in [5.41, 5.74) is 2.52. The number of likely N-dealkylation sites (tertiary alicyclic amines) is 1. The first-order valence-electron chi connectivity index (χ1n) is 11.5. The van der Waals surface area contributed by atoms with Gasteiger partial charge in [0, 0.05) is 38.8 Å². The maximum Gasteiger partial charge on any atom is 0.131 e. The summed E-state index contributed by atoms with van der Waals surface area (Å²) in [6.07, 6.45) is 5.68. The van der Waals surface area contributed by atoms with Crippen LogP contribution in [-0.2, 0) is 18.3 Å². The van der Waals surface area contributed by atoms with Crippen LogP contribution in [-0.4, -0.2) is 60.6 Å². The second-order valence-electron chi connectivity index (χ2n) is 8.82. The minimum atomic E-state index is 0.284. The second-order valence-corrected chi connectivity index (χ2v) is 8.82. The van der Waals surface area contributed by atoms with E-state index in [2.05, 4.69) is 46.8 Å². The first kappa shape index (κ1) is 21.4. The minimum absolute atomic E-state index is 0.284. The van der Waals surface area contributed by atoms with Crippen LogP contribution >= 0.6 is 0 Å². The fraction of sp³-hybridized carbons (Fsp3) is 0.696. The Labute approximate surface area is 180 Å². The highest BCUT2D eigenvalue weighted by Crippen LogP contribution is 2.30. The number of furan rings is 1. The Bertz CT molecular complexity index is 774. The number of hydrogen-bond acceptors (Lipinski definition) is 6. The van der Waals surface area contributed by atoms with Gasteiger partial charge in [0.25, 0.3) is 0 Å². The third-order valence-electron chi connectivity index (χ3n) is 6.34. The zero-order valence-corrected chi connectivity index (χ0v) is 18.8. The van der Waals surface area contributed by atoms with Crippen LogP contribution in [0.1, 0.15) is 62.1 Å². The SMILES string of the molecule is CC(C)c1nn(C)c(N2CCOCC2)c1CNCC(c1ccco1)N1CCCCC1. The summed E-state index contributed by atoms with van der Waals surface area (Å²) < 4.78 is 13.5. The molecule has 1 unspecified atom stereocenters. The van der Waals surface area contributed by atoms with Crippen molar-refractivity contribution in [3.05, 3.63) is 35.4 Å². The van der Waals surface area contributed by atoms with E-state index in [9.17, 15) is 0 Å². The quantitative estimate of drug-likeness (QED) is 0.714. The van der Waals surface area contributed by atoms with Gasteiger partial charge in [0.05, 0.1) is 31.2 Å². The number of ether oxygens (including phenoxy) is 1. The number of aromatic nitrogens is 2. The van der Waals surface area contributed by atoms with Gasteiger partial charge >= 0.3 is 0 Å². The van der Waals surface area contributed by atoms with Crippen LogP contribution in [0.15, 0.2) is 22.8 Å². The summed E-state index contributed by atoms with van der Waals surface area (Å²) in [5, 5.41) is 8.65. The zero-order chi connectivity index (χ0) is 20.9. The molecule has 1 N–H and O–H groups in total. The molecule has 0 radical (unpaired) electrons. The Morgan fingerprint density at radius 2 is 1.87 bits per heavy atom. The van der Waals surface area contributed by atoms with Crippen LogP contribution in [0.3, 0.4) is 0 Å². The summed E-state index contributed by atoms with van der Waals surface area (Å²) in [4.78, 5) is 5.00. The van der Waals surface area contributed by atoms with Crippen LogP contribution in [0.25, 0.3) is 0 Å². The van der Waals surface area contributed by atoms with Crippen molar-refractivity contribution in [3.8, 4) is 0 Å². The molecule has 2 aliphatic heterocycles. The summed E-state index contributed by atoms with van der Waals surface area (Å²) in [6, 6.07) is 4.40. The summed E-state index contributed by atoms with van der Waals surface area (Å²) >= 11 is 0.